The Hall–Kier alpha value is -2.74. The Bertz CT molecular complexity index is 931. The average Bonchev–Trinajstić information content (AvgIpc) is 2.71. The Kier molecular flexibility index (Phi) is 5.99. The molecule has 2 nitrogen and oxygen atoms in total. The van der Waals surface area contributed by atoms with E-state index in [2.05, 4.69) is 102 Å². The molecule has 0 unspecified atom stereocenters. The van der Waals surface area contributed by atoms with Crippen LogP contribution in [0.15, 0.2) is 60.7 Å². The van der Waals surface area contributed by atoms with Crippen molar-refractivity contribution in [1.82, 2.24) is 0 Å². The van der Waals surface area contributed by atoms with Crippen molar-refractivity contribution in [2.24, 2.45) is 0 Å². The molecule has 158 valence electrons. The van der Waals surface area contributed by atoms with Gasteiger partial charge in [0.15, 0.2) is 0 Å². The van der Waals surface area contributed by atoms with Crippen molar-refractivity contribution >= 4 is 0 Å². The molecular formula is C28H34O2. The van der Waals surface area contributed by atoms with Crippen LogP contribution in [0.2, 0.25) is 0 Å². The second-order valence-corrected chi connectivity index (χ2v) is 9.91. The minimum atomic E-state index is 0.0216. The van der Waals surface area contributed by atoms with E-state index in [0.717, 1.165) is 11.5 Å². The van der Waals surface area contributed by atoms with Crippen LogP contribution in [-0.4, -0.2) is 14.2 Å². The summed E-state index contributed by atoms with van der Waals surface area (Å²) in [4.78, 5) is 0. The summed E-state index contributed by atoms with van der Waals surface area (Å²) in [7, 11) is 3.47. The molecule has 0 heterocycles. The molecule has 30 heavy (non-hydrogen) atoms. The summed E-state index contributed by atoms with van der Waals surface area (Å²) < 4.78 is 11.2. The van der Waals surface area contributed by atoms with Crippen LogP contribution in [-0.2, 0) is 10.8 Å². The molecule has 3 rings (SSSR count). The van der Waals surface area contributed by atoms with Gasteiger partial charge < -0.3 is 9.47 Å². The number of rotatable bonds is 4. The average molecular weight is 403 g/mol. The Balaban J connectivity index is 1.98. The highest BCUT2D eigenvalue weighted by atomic mass is 16.5. The van der Waals surface area contributed by atoms with Gasteiger partial charge in [-0.15, -0.1) is 0 Å². The molecule has 3 aromatic carbocycles. The molecule has 0 saturated heterocycles. The monoisotopic (exact) mass is 402 g/mol. The van der Waals surface area contributed by atoms with Gasteiger partial charge in [-0.1, -0.05) is 77.9 Å². The zero-order chi connectivity index (χ0) is 22.1. The third-order valence-corrected chi connectivity index (χ3v) is 5.57. The van der Waals surface area contributed by atoms with E-state index in [-0.39, 0.29) is 10.8 Å². The van der Waals surface area contributed by atoms with Gasteiger partial charge in [-0.05, 0) is 57.3 Å². The number of hydrogen-bond acceptors (Lipinski definition) is 2. The van der Waals surface area contributed by atoms with Gasteiger partial charge in [-0.3, -0.25) is 0 Å². The predicted octanol–water partition coefficient (Wildman–Crippen LogP) is 7.63. The van der Waals surface area contributed by atoms with Crippen LogP contribution in [0, 0.1) is 0 Å². The van der Waals surface area contributed by atoms with E-state index < -0.39 is 0 Å². The largest absolute Gasteiger partial charge is 0.496 e. The summed E-state index contributed by atoms with van der Waals surface area (Å²) in [6, 6.07) is 21.7. The summed E-state index contributed by atoms with van der Waals surface area (Å²) in [6.07, 6.45) is 0. The molecule has 0 bridgehead atoms. The maximum Gasteiger partial charge on any atom is 0.122 e. The molecular weight excluding hydrogens is 368 g/mol. The van der Waals surface area contributed by atoms with Gasteiger partial charge >= 0.3 is 0 Å². The van der Waals surface area contributed by atoms with E-state index in [1.54, 1.807) is 14.2 Å². The predicted molar refractivity (Wildman–Crippen MR) is 128 cm³/mol. The number of ether oxygens (including phenoxy) is 2. The van der Waals surface area contributed by atoms with Crippen LogP contribution in [0.5, 0.6) is 11.5 Å². The fourth-order valence-electron chi connectivity index (χ4n) is 3.80. The summed E-state index contributed by atoms with van der Waals surface area (Å²) in [6.45, 7) is 13.3. The molecule has 0 atom stereocenters. The maximum absolute atomic E-state index is 5.59. The van der Waals surface area contributed by atoms with Crippen molar-refractivity contribution in [3.05, 3.63) is 71.8 Å². The third kappa shape index (κ3) is 4.53. The van der Waals surface area contributed by atoms with Gasteiger partial charge in [0.1, 0.15) is 11.5 Å². The van der Waals surface area contributed by atoms with E-state index in [0.29, 0.717) is 0 Å². The number of methoxy groups -OCH3 is 2. The lowest BCUT2D eigenvalue weighted by Crippen LogP contribution is -2.13. The number of benzene rings is 3. The molecule has 0 aliphatic heterocycles. The van der Waals surface area contributed by atoms with Crippen molar-refractivity contribution < 1.29 is 9.47 Å². The Morgan fingerprint density at radius 1 is 0.467 bits per heavy atom. The summed E-state index contributed by atoms with van der Waals surface area (Å²) >= 11 is 0. The molecule has 0 fully saturated rings. The summed E-state index contributed by atoms with van der Waals surface area (Å²) in [5.41, 5.74) is 7.30. The summed E-state index contributed by atoms with van der Waals surface area (Å²) in [5, 5.41) is 0. The zero-order valence-electron chi connectivity index (χ0n) is 19.6. The van der Waals surface area contributed by atoms with Gasteiger partial charge in [0.05, 0.1) is 14.2 Å². The summed E-state index contributed by atoms with van der Waals surface area (Å²) in [5.74, 6) is 1.88. The highest BCUT2D eigenvalue weighted by molar-refractivity contribution is 5.72. The first-order chi connectivity index (χ1) is 14.0. The van der Waals surface area contributed by atoms with Crippen LogP contribution >= 0.6 is 0 Å². The molecule has 0 radical (unpaired) electrons. The van der Waals surface area contributed by atoms with Crippen molar-refractivity contribution in [3.8, 4) is 33.8 Å². The minimum Gasteiger partial charge on any atom is -0.496 e. The van der Waals surface area contributed by atoms with Crippen LogP contribution in [0.4, 0.5) is 0 Å². The Morgan fingerprint density at radius 3 is 1.03 bits per heavy atom. The fourth-order valence-corrected chi connectivity index (χ4v) is 3.80. The normalized spacial score (nSPS) is 12.0. The first-order valence-corrected chi connectivity index (χ1v) is 10.5. The van der Waals surface area contributed by atoms with Crippen molar-refractivity contribution in [1.29, 1.82) is 0 Å². The van der Waals surface area contributed by atoms with Gasteiger partial charge in [-0.25, -0.2) is 0 Å². The zero-order valence-corrected chi connectivity index (χ0v) is 19.6. The van der Waals surface area contributed by atoms with Crippen LogP contribution < -0.4 is 9.47 Å². The van der Waals surface area contributed by atoms with E-state index in [1.165, 1.54) is 33.4 Å². The fraction of sp³-hybridized carbons (Fsp3) is 0.357. The van der Waals surface area contributed by atoms with Gasteiger partial charge in [0, 0.05) is 11.1 Å². The number of hydrogen-bond donors (Lipinski definition) is 0. The molecule has 0 aliphatic carbocycles. The van der Waals surface area contributed by atoms with Crippen molar-refractivity contribution in [3.63, 3.8) is 0 Å². The van der Waals surface area contributed by atoms with Crippen LogP contribution in [0.1, 0.15) is 52.7 Å². The Labute approximate surface area is 181 Å². The molecule has 2 heteroatoms. The molecule has 3 aromatic rings. The molecule has 0 N–H and O–H groups in total. The van der Waals surface area contributed by atoms with Gasteiger partial charge in [0.25, 0.3) is 0 Å². The smallest absolute Gasteiger partial charge is 0.122 e. The van der Waals surface area contributed by atoms with E-state index in [9.17, 15) is 0 Å². The van der Waals surface area contributed by atoms with Crippen LogP contribution in [0.25, 0.3) is 22.3 Å². The second-order valence-electron chi connectivity index (χ2n) is 9.91. The minimum absolute atomic E-state index is 0.0216. The van der Waals surface area contributed by atoms with Crippen molar-refractivity contribution in [2.75, 3.05) is 14.2 Å². The maximum atomic E-state index is 5.59. The van der Waals surface area contributed by atoms with Crippen LogP contribution in [0.3, 0.4) is 0 Å². The van der Waals surface area contributed by atoms with Gasteiger partial charge in [0.2, 0.25) is 0 Å². The van der Waals surface area contributed by atoms with Gasteiger partial charge in [-0.2, -0.15) is 0 Å². The first-order valence-electron chi connectivity index (χ1n) is 10.5. The standard InChI is InChI=1S/C28H34O2/c1-27(2,3)23-17-21(13-15-25(23)29-7)19-9-11-20(12-10-19)22-14-16-26(30-8)24(18-22)28(4,5)6/h9-18H,1-8H3. The molecule has 0 aliphatic rings. The van der Waals surface area contributed by atoms with E-state index in [1.807, 2.05) is 0 Å². The quantitative estimate of drug-likeness (QED) is 0.446. The first kappa shape index (κ1) is 22.0. The molecule has 0 saturated carbocycles. The lowest BCUT2D eigenvalue weighted by Gasteiger charge is -2.23. The topological polar surface area (TPSA) is 18.5 Å². The lowest BCUT2D eigenvalue weighted by atomic mass is 9.84. The molecule has 0 spiro atoms. The van der Waals surface area contributed by atoms with Crippen molar-refractivity contribution in [2.45, 2.75) is 52.4 Å². The molecule has 0 aromatic heterocycles. The SMILES string of the molecule is COc1ccc(-c2ccc(-c3ccc(OC)c(C(C)(C)C)c3)cc2)cc1C(C)(C)C. The highest BCUT2D eigenvalue weighted by Gasteiger charge is 2.21. The second kappa shape index (κ2) is 8.18. The lowest BCUT2D eigenvalue weighted by molar-refractivity contribution is 0.397. The highest BCUT2D eigenvalue weighted by Crippen LogP contribution is 2.37. The third-order valence-electron chi connectivity index (χ3n) is 5.57. The van der Waals surface area contributed by atoms with E-state index >= 15 is 0 Å². The van der Waals surface area contributed by atoms with E-state index in [4.69, 9.17) is 9.47 Å². The molecule has 0 amide bonds. The Morgan fingerprint density at radius 2 is 0.767 bits per heavy atom.